The maximum absolute atomic E-state index is 12.4. The summed E-state index contributed by atoms with van der Waals surface area (Å²) < 4.78 is 29.3. The molecule has 1 aromatic rings. The van der Waals surface area contributed by atoms with Crippen molar-refractivity contribution in [3.8, 4) is 5.75 Å². The van der Waals surface area contributed by atoms with Gasteiger partial charge in [-0.15, -0.1) is 0 Å². The van der Waals surface area contributed by atoms with E-state index >= 15 is 0 Å². The predicted octanol–water partition coefficient (Wildman–Crippen LogP) is 3.61. The van der Waals surface area contributed by atoms with Crippen LogP contribution in [0.4, 0.5) is 8.78 Å². The van der Waals surface area contributed by atoms with Gasteiger partial charge in [0.15, 0.2) is 0 Å². The normalized spacial score (nSPS) is 24.7. The molecule has 19 heavy (non-hydrogen) atoms. The van der Waals surface area contributed by atoms with Crippen molar-refractivity contribution in [2.24, 2.45) is 0 Å². The minimum atomic E-state index is -2.77. The minimum Gasteiger partial charge on any atom is -0.434 e. The smallest absolute Gasteiger partial charge is 0.387 e. The van der Waals surface area contributed by atoms with Crippen LogP contribution in [-0.4, -0.2) is 35.1 Å². The zero-order valence-corrected chi connectivity index (χ0v) is 12.0. The molecule has 0 bridgehead atoms. The topological polar surface area (TPSA) is 12.5 Å². The van der Waals surface area contributed by atoms with Gasteiger partial charge in [-0.1, -0.05) is 25.1 Å². The lowest BCUT2D eigenvalue weighted by Crippen LogP contribution is -2.44. The summed E-state index contributed by atoms with van der Waals surface area (Å²) >= 11 is 1.96. The van der Waals surface area contributed by atoms with Gasteiger partial charge in [-0.3, -0.25) is 4.90 Å². The van der Waals surface area contributed by atoms with E-state index in [0.717, 1.165) is 17.9 Å². The lowest BCUT2D eigenvalue weighted by atomic mass is 10.1. The van der Waals surface area contributed by atoms with Crippen LogP contribution in [0.5, 0.6) is 5.75 Å². The number of rotatable bonds is 4. The molecule has 2 rings (SSSR count). The summed E-state index contributed by atoms with van der Waals surface area (Å²) in [5.74, 6) is 1.37. The van der Waals surface area contributed by atoms with Crippen molar-refractivity contribution < 1.29 is 13.5 Å². The van der Waals surface area contributed by atoms with E-state index in [4.69, 9.17) is 0 Å². The number of para-hydroxylation sites is 1. The third-order valence-corrected chi connectivity index (χ3v) is 4.91. The second kappa shape index (κ2) is 6.57. The summed E-state index contributed by atoms with van der Waals surface area (Å²) in [7, 11) is 0. The van der Waals surface area contributed by atoms with Gasteiger partial charge >= 0.3 is 6.61 Å². The molecule has 0 aliphatic carbocycles. The van der Waals surface area contributed by atoms with Gasteiger partial charge in [0.2, 0.25) is 0 Å². The van der Waals surface area contributed by atoms with Gasteiger partial charge in [0.1, 0.15) is 5.75 Å². The first-order chi connectivity index (χ1) is 9.08. The molecule has 0 spiro atoms. The second-order valence-electron chi connectivity index (χ2n) is 4.77. The maximum atomic E-state index is 12.4. The molecule has 2 atom stereocenters. The van der Waals surface area contributed by atoms with Crippen molar-refractivity contribution in [3.63, 3.8) is 0 Å². The van der Waals surface area contributed by atoms with E-state index in [1.807, 2.05) is 23.9 Å². The molecule has 1 aliphatic heterocycles. The first-order valence-electron chi connectivity index (χ1n) is 6.46. The van der Waals surface area contributed by atoms with Gasteiger partial charge in [-0.05, 0) is 13.0 Å². The van der Waals surface area contributed by atoms with Crippen molar-refractivity contribution in [1.82, 2.24) is 4.90 Å². The summed E-state index contributed by atoms with van der Waals surface area (Å²) in [6.07, 6.45) is 0. The van der Waals surface area contributed by atoms with Crippen LogP contribution in [0.15, 0.2) is 24.3 Å². The molecular formula is C14H19F2NOS. The Morgan fingerprint density at radius 2 is 2.11 bits per heavy atom. The van der Waals surface area contributed by atoms with Crippen LogP contribution in [0.2, 0.25) is 0 Å². The molecule has 5 heteroatoms. The molecular weight excluding hydrogens is 268 g/mol. The summed E-state index contributed by atoms with van der Waals surface area (Å²) in [4.78, 5) is 2.33. The zero-order chi connectivity index (χ0) is 13.8. The van der Waals surface area contributed by atoms with Gasteiger partial charge in [-0.25, -0.2) is 0 Å². The Kier molecular flexibility index (Phi) is 5.05. The van der Waals surface area contributed by atoms with Crippen molar-refractivity contribution in [2.75, 3.05) is 12.3 Å². The van der Waals surface area contributed by atoms with Crippen LogP contribution < -0.4 is 4.74 Å². The highest BCUT2D eigenvalue weighted by Crippen LogP contribution is 2.28. The fraction of sp³-hybridized carbons (Fsp3) is 0.571. The van der Waals surface area contributed by atoms with E-state index in [2.05, 4.69) is 23.5 Å². The molecule has 0 N–H and O–H groups in total. The van der Waals surface area contributed by atoms with Crippen LogP contribution >= 0.6 is 11.8 Å². The van der Waals surface area contributed by atoms with Crippen molar-refractivity contribution in [3.05, 3.63) is 29.8 Å². The lowest BCUT2D eigenvalue weighted by molar-refractivity contribution is -0.0508. The average molecular weight is 287 g/mol. The fourth-order valence-electron chi connectivity index (χ4n) is 2.28. The van der Waals surface area contributed by atoms with E-state index in [9.17, 15) is 8.78 Å². The Labute approximate surface area is 117 Å². The quantitative estimate of drug-likeness (QED) is 0.839. The zero-order valence-electron chi connectivity index (χ0n) is 11.2. The Hall–Kier alpha value is -0.810. The third kappa shape index (κ3) is 3.83. The number of thioether (sulfide) groups is 1. The number of hydrogen-bond donors (Lipinski definition) is 0. The van der Waals surface area contributed by atoms with Crippen molar-refractivity contribution in [2.45, 2.75) is 38.3 Å². The first-order valence-corrected chi connectivity index (χ1v) is 7.51. The highest BCUT2D eigenvalue weighted by Gasteiger charge is 2.25. The Morgan fingerprint density at radius 3 is 2.84 bits per heavy atom. The Bertz CT molecular complexity index is 416. The molecule has 1 heterocycles. The van der Waals surface area contributed by atoms with Gasteiger partial charge in [0.25, 0.3) is 0 Å². The molecule has 1 aromatic carbocycles. The van der Waals surface area contributed by atoms with E-state index in [1.165, 1.54) is 0 Å². The summed E-state index contributed by atoms with van der Waals surface area (Å²) in [5.41, 5.74) is 0.828. The molecule has 106 valence electrons. The van der Waals surface area contributed by atoms with Crippen molar-refractivity contribution >= 4 is 11.8 Å². The molecule has 0 amide bonds. The standard InChI is InChI=1S/C14H19F2NOS/c1-10-11(2)19-8-7-17(10)9-12-5-3-4-6-13(12)18-14(15)16/h3-6,10-11,14H,7-9H2,1-2H3. The molecule has 2 nitrogen and oxygen atoms in total. The largest absolute Gasteiger partial charge is 0.434 e. The van der Waals surface area contributed by atoms with Crippen LogP contribution in [-0.2, 0) is 6.54 Å². The van der Waals surface area contributed by atoms with Crippen LogP contribution in [0.3, 0.4) is 0 Å². The average Bonchev–Trinajstić information content (AvgIpc) is 2.36. The van der Waals surface area contributed by atoms with E-state index in [1.54, 1.807) is 12.1 Å². The molecule has 0 saturated carbocycles. The summed E-state index contributed by atoms with van der Waals surface area (Å²) in [6, 6.07) is 7.49. The SMILES string of the molecule is CC1SCCN(Cc2ccccc2OC(F)F)C1C. The number of ether oxygens (including phenoxy) is 1. The predicted molar refractivity (Wildman–Crippen MR) is 74.9 cm³/mol. The molecule has 1 fully saturated rings. The second-order valence-corrected chi connectivity index (χ2v) is 6.26. The number of hydrogen-bond acceptors (Lipinski definition) is 3. The van der Waals surface area contributed by atoms with E-state index in [0.29, 0.717) is 17.8 Å². The molecule has 1 aliphatic rings. The first kappa shape index (κ1) is 14.6. The van der Waals surface area contributed by atoms with E-state index in [-0.39, 0.29) is 5.75 Å². The molecule has 0 aromatic heterocycles. The van der Waals surface area contributed by atoms with Crippen molar-refractivity contribution in [1.29, 1.82) is 0 Å². The monoisotopic (exact) mass is 287 g/mol. The Balaban J connectivity index is 2.09. The molecule has 2 unspecified atom stereocenters. The highest BCUT2D eigenvalue weighted by molar-refractivity contribution is 8.00. The third-order valence-electron chi connectivity index (χ3n) is 3.58. The Morgan fingerprint density at radius 1 is 1.37 bits per heavy atom. The molecule has 0 radical (unpaired) electrons. The number of nitrogens with zero attached hydrogens (tertiary/aromatic N) is 1. The van der Waals surface area contributed by atoms with Crippen LogP contribution in [0.1, 0.15) is 19.4 Å². The van der Waals surface area contributed by atoms with Gasteiger partial charge < -0.3 is 4.74 Å². The highest BCUT2D eigenvalue weighted by atomic mass is 32.2. The molecule has 1 saturated heterocycles. The minimum absolute atomic E-state index is 0.288. The lowest BCUT2D eigenvalue weighted by Gasteiger charge is -2.37. The van der Waals surface area contributed by atoms with Gasteiger partial charge in [-0.2, -0.15) is 20.5 Å². The number of benzene rings is 1. The van der Waals surface area contributed by atoms with E-state index < -0.39 is 6.61 Å². The fourth-order valence-corrected chi connectivity index (χ4v) is 3.45. The van der Waals surface area contributed by atoms with Gasteiger partial charge in [0, 0.05) is 35.7 Å². The summed E-state index contributed by atoms with van der Waals surface area (Å²) in [5, 5.41) is 0.567. The maximum Gasteiger partial charge on any atom is 0.387 e. The summed E-state index contributed by atoms with van der Waals surface area (Å²) in [6.45, 7) is 3.28. The van der Waals surface area contributed by atoms with Crippen LogP contribution in [0, 0.1) is 0 Å². The number of alkyl halides is 2. The van der Waals surface area contributed by atoms with Gasteiger partial charge in [0.05, 0.1) is 0 Å². The van der Waals surface area contributed by atoms with Crippen LogP contribution in [0.25, 0.3) is 0 Å². The number of halogens is 2.